The molecule has 7 heteroatoms. The standard InChI is InChI=1S/C16H19NO5S/c18-15(19)13-6-16(7-13)9-17(10-16)23(20,21)14-2-1-11-3-4-22-8-12(11)5-14/h1-2,5,13H,3-4,6-10H2,(H,18,19). The van der Waals surface area contributed by atoms with E-state index in [2.05, 4.69) is 0 Å². The minimum absolute atomic E-state index is 0.104. The molecule has 124 valence electrons. The first-order chi connectivity index (χ1) is 10.9. The van der Waals surface area contributed by atoms with Crippen molar-refractivity contribution in [2.24, 2.45) is 11.3 Å². The van der Waals surface area contributed by atoms with Crippen LogP contribution in [0, 0.1) is 11.3 Å². The van der Waals surface area contributed by atoms with Gasteiger partial charge in [-0.3, -0.25) is 4.79 Å². The van der Waals surface area contributed by atoms with Gasteiger partial charge in [-0.15, -0.1) is 0 Å². The summed E-state index contributed by atoms with van der Waals surface area (Å²) in [5, 5.41) is 8.96. The monoisotopic (exact) mass is 337 g/mol. The van der Waals surface area contributed by atoms with E-state index < -0.39 is 16.0 Å². The van der Waals surface area contributed by atoms with Gasteiger partial charge in [0.25, 0.3) is 0 Å². The number of carboxylic acids is 1. The highest BCUT2D eigenvalue weighted by molar-refractivity contribution is 7.89. The van der Waals surface area contributed by atoms with Gasteiger partial charge in [-0.05, 0) is 47.9 Å². The maximum Gasteiger partial charge on any atom is 0.306 e. The Hall–Kier alpha value is -1.44. The highest BCUT2D eigenvalue weighted by atomic mass is 32.2. The number of benzene rings is 1. The van der Waals surface area contributed by atoms with Gasteiger partial charge >= 0.3 is 5.97 Å². The van der Waals surface area contributed by atoms with Gasteiger partial charge in [-0.25, -0.2) is 8.42 Å². The van der Waals surface area contributed by atoms with Crippen LogP contribution in [0.5, 0.6) is 0 Å². The number of ether oxygens (including phenoxy) is 1. The van der Waals surface area contributed by atoms with Crippen LogP contribution in [-0.2, 0) is 32.6 Å². The molecule has 23 heavy (non-hydrogen) atoms. The maximum atomic E-state index is 12.7. The molecule has 0 aromatic heterocycles. The minimum Gasteiger partial charge on any atom is -0.481 e. The molecular formula is C16H19NO5S. The molecular weight excluding hydrogens is 318 g/mol. The third-order valence-corrected chi connectivity index (χ3v) is 7.11. The van der Waals surface area contributed by atoms with E-state index in [1.807, 2.05) is 6.07 Å². The molecule has 1 saturated heterocycles. The van der Waals surface area contributed by atoms with Crippen LogP contribution in [-0.4, -0.2) is 43.5 Å². The number of carboxylic acid groups (broad SMARTS) is 1. The van der Waals surface area contributed by atoms with E-state index in [1.54, 1.807) is 12.1 Å². The highest BCUT2D eigenvalue weighted by Crippen LogP contribution is 2.53. The average Bonchev–Trinajstić information content (AvgIpc) is 2.43. The lowest BCUT2D eigenvalue weighted by molar-refractivity contribution is -0.155. The van der Waals surface area contributed by atoms with Crippen molar-refractivity contribution in [3.8, 4) is 0 Å². The van der Waals surface area contributed by atoms with Gasteiger partial charge in [0.1, 0.15) is 0 Å². The number of nitrogens with zero attached hydrogens (tertiary/aromatic N) is 1. The fourth-order valence-corrected chi connectivity index (χ4v) is 5.66. The number of rotatable bonds is 3. The molecule has 6 nitrogen and oxygen atoms in total. The summed E-state index contributed by atoms with van der Waals surface area (Å²) in [6.07, 6.45) is 2.00. The van der Waals surface area contributed by atoms with E-state index in [1.165, 1.54) is 4.31 Å². The van der Waals surface area contributed by atoms with Gasteiger partial charge in [-0.1, -0.05) is 6.07 Å². The Morgan fingerprint density at radius 3 is 2.70 bits per heavy atom. The molecule has 3 aliphatic rings. The summed E-state index contributed by atoms with van der Waals surface area (Å²) < 4.78 is 32.3. The molecule has 2 heterocycles. The van der Waals surface area contributed by atoms with Crippen LogP contribution in [0.15, 0.2) is 23.1 Å². The summed E-state index contributed by atoms with van der Waals surface area (Å²) in [4.78, 5) is 11.2. The number of carbonyl (C=O) groups is 1. The number of sulfonamides is 1. The summed E-state index contributed by atoms with van der Waals surface area (Å²) in [5.41, 5.74) is 1.99. The van der Waals surface area contributed by atoms with Crippen LogP contribution in [0.25, 0.3) is 0 Å². The van der Waals surface area contributed by atoms with Gasteiger partial charge < -0.3 is 9.84 Å². The number of hydrogen-bond donors (Lipinski definition) is 1. The van der Waals surface area contributed by atoms with E-state index in [0.29, 0.717) is 44.0 Å². The molecule has 2 fully saturated rings. The predicted molar refractivity (Wildman–Crippen MR) is 81.4 cm³/mol. The van der Waals surface area contributed by atoms with E-state index in [0.717, 1.165) is 17.5 Å². The lowest BCUT2D eigenvalue weighted by Crippen LogP contribution is -2.64. The smallest absolute Gasteiger partial charge is 0.306 e. The summed E-state index contributed by atoms with van der Waals surface area (Å²) >= 11 is 0. The zero-order chi connectivity index (χ0) is 16.2. The van der Waals surface area contributed by atoms with E-state index in [4.69, 9.17) is 9.84 Å². The minimum atomic E-state index is -3.49. The van der Waals surface area contributed by atoms with Crippen molar-refractivity contribution in [2.75, 3.05) is 19.7 Å². The topological polar surface area (TPSA) is 83.9 Å². The molecule has 0 amide bonds. The second kappa shape index (κ2) is 5.03. The summed E-state index contributed by atoms with van der Waals surface area (Å²) in [6, 6.07) is 5.27. The Kier molecular flexibility index (Phi) is 3.30. The van der Waals surface area contributed by atoms with Crippen molar-refractivity contribution in [2.45, 2.75) is 30.8 Å². The Morgan fingerprint density at radius 2 is 2.00 bits per heavy atom. The van der Waals surface area contributed by atoms with Crippen molar-refractivity contribution in [1.82, 2.24) is 4.31 Å². The Bertz CT molecular complexity index is 759. The Morgan fingerprint density at radius 1 is 1.26 bits per heavy atom. The van der Waals surface area contributed by atoms with Gasteiger partial charge in [0.15, 0.2) is 0 Å². The lowest BCUT2D eigenvalue weighted by Gasteiger charge is -2.57. The normalized spacial score (nSPS) is 23.8. The first-order valence-corrected chi connectivity index (χ1v) is 9.26. The summed E-state index contributed by atoms with van der Waals surface area (Å²) in [6.45, 7) is 2.01. The first-order valence-electron chi connectivity index (χ1n) is 7.82. The molecule has 0 bridgehead atoms. The van der Waals surface area contributed by atoms with Crippen LogP contribution in [0.2, 0.25) is 0 Å². The molecule has 1 N–H and O–H groups in total. The fourth-order valence-electron chi connectivity index (χ4n) is 3.94. The lowest BCUT2D eigenvalue weighted by atomic mass is 9.58. The van der Waals surface area contributed by atoms with Crippen molar-refractivity contribution in [3.63, 3.8) is 0 Å². The molecule has 1 aliphatic carbocycles. The largest absolute Gasteiger partial charge is 0.481 e. The zero-order valence-electron chi connectivity index (χ0n) is 12.7. The SMILES string of the molecule is O=C(O)C1CC2(C1)CN(S(=O)(=O)c1ccc3c(c1)COCC3)C2. The van der Waals surface area contributed by atoms with Gasteiger partial charge in [-0.2, -0.15) is 4.31 Å². The Balaban J connectivity index is 1.49. The average molecular weight is 337 g/mol. The molecule has 1 spiro atoms. The number of hydrogen-bond acceptors (Lipinski definition) is 4. The third kappa shape index (κ3) is 2.38. The van der Waals surface area contributed by atoms with Crippen LogP contribution < -0.4 is 0 Å². The summed E-state index contributed by atoms with van der Waals surface area (Å²) in [7, 11) is -3.49. The molecule has 0 atom stereocenters. The highest BCUT2D eigenvalue weighted by Gasteiger charge is 2.57. The number of aliphatic carboxylic acids is 1. The van der Waals surface area contributed by atoms with Crippen LogP contribution >= 0.6 is 0 Å². The molecule has 4 rings (SSSR count). The second-order valence-corrected chi connectivity index (χ2v) is 8.89. The zero-order valence-corrected chi connectivity index (χ0v) is 13.5. The number of fused-ring (bicyclic) bond motifs is 1. The van der Waals surface area contributed by atoms with E-state index in [9.17, 15) is 13.2 Å². The van der Waals surface area contributed by atoms with Gasteiger partial charge in [0.05, 0.1) is 24.0 Å². The van der Waals surface area contributed by atoms with Gasteiger partial charge in [0, 0.05) is 13.1 Å². The molecule has 1 saturated carbocycles. The Labute approximate surface area is 135 Å². The maximum absolute atomic E-state index is 12.7. The predicted octanol–water partition coefficient (Wildman–Crippen LogP) is 1.24. The summed E-state index contributed by atoms with van der Waals surface area (Å²) in [5.74, 6) is -1.08. The second-order valence-electron chi connectivity index (χ2n) is 6.95. The van der Waals surface area contributed by atoms with Crippen molar-refractivity contribution >= 4 is 16.0 Å². The molecule has 2 aliphatic heterocycles. The quantitative estimate of drug-likeness (QED) is 0.897. The molecule has 0 radical (unpaired) electrons. The van der Waals surface area contributed by atoms with Gasteiger partial charge in [0.2, 0.25) is 10.0 Å². The fraction of sp³-hybridized carbons (Fsp3) is 0.562. The first kappa shape index (κ1) is 15.1. The van der Waals surface area contributed by atoms with Crippen LogP contribution in [0.3, 0.4) is 0 Å². The molecule has 1 aromatic carbocycles. The van der Waals surface area contributed by atoms with Crippen LogP contribution in [0.1, 0.15) is 24.0 Å². The van der Waals surface area contributed by atoms with Crippen LogP contribution in [0.4, 0.5) is 0 Å². The van der Waals surface area contributed by atoms with Crippen molar-refractivity contribution < 1.29 is 23.1 Å². The van der Waals surface area contributed by atoms with Crippen molar-refractivity contribution in [3.05, 3.63) is 29.3 Å². The van der Waals surface area contributed by atoms with Crippen molar-refractivity contribution in [1.29, 1.82) is 0 Å². The van der Waals surface area contributed by atoms with E-state index in [-0.39, 0.29) is 11.3 Å². The molecule has 1 aromatic rings. The third-order valence-electron chi connectivity index (χ3n) is 5.32. The molecule has 0 unspecified atom stereocenters. The van der Waals surface area contributed by atoms with E-state index >= 15 is 0 Å².